The fourth-order valence-corrected chi connectivity index (χ4v) is 29.1. The number of ether oxygens (including phenoxy) is 11. The van der Waals surface area contributed by atoms with E-state index in [2.05, 4.69) is 48.5 Å². The summed E-state index contributed by atoms with van der Waals surface area (Å²) >= 11 is 0. The highest BCUT2D eigenvalue weighted by molar-refractivity contribution is 5.75. The first-order valence-corrected chi connectivity index (χ1v) is 55.9. The average molecular weight is 2060 g/mol. The van der Waals surface area contributed by atoms with Crippen LogP contribution in [0.2, 0.25) is 0 Å². The van der Waals surface area contributed by atoms with Crippen LogP contribution in [0.25, 0.3) is 0 Å². The first kappa shape index (κ1) is 145. The third-order valence-electron chi connectivity index (χ3n) is 38.8. The summed E-state index contributed by atoms with van der Waals surface area (Å²) in [5, 5.41) is 0. The van der Waals surface area contributed by atoms with Gasteiger partial charge >= 0.3 is 41.8 Å². The Morgan fingerprint density at radius 2 is 0.559 bits per heavy atom. The zero-order valence-electron chi connectivity index (χ0n) is 86.4. The van der Waals surface area contributed by atoms with Crippen LogP contribution in [-0.4, -0.2) is 130 Å². The van der Waals surface area contributed by atoms with Gasteiger partial charge in [-0.25, -0.2) is 0 Å². The van der Waals surface area contributed by atoms with E-state index in [1.54, 1.807) is 0 Å². The molecule has 12 bridgehead atoms. The van der Waals surface area contributed by atoms with Crippen LogP contribution in [-0.2, 0) is 85.7 Å². The van der Waals surface area contributed by atoms with Crippen molar-refractivity contribution < 1.29 is 85.7 Å². The maximum Gasteiger partial charge on any atom is 0.309 e. The highest BCUT2D eigenvalue weighted by Crippen LogP contribution is 2.71. The lowest BCUT2D eigenvalue weighted by atomic mass is 9.65. The molecular weight excluding hydrogens is 1810 g/mol. The van der Waals surface area contributed by atoms with Crippen molar-refractivity contribution in [2.75, 3.05) is 0 Å². The van der Waals surface area contributed by atoms with Gasteiger partial charge in [-0.3, -0.25) is 33.6 Å². The Balaban J connectivity index is -0.00000160. The summed E-state index contributed by atoms with van der Waals surface area (Å²) < 4.78 is 66.1. The summed E-state index contributed by atoms with van der Waals surface area (Å²) in [4.78, 5) is 85.3. The van der Waals surface area contributed by atoms with Gasteiger partial charge < -0.3 is 52.1 Å². The monoisotopic (exact) mass is 2060 g/mol. The van der Waals surface area contributed by atoms with Crippen LogP contribution in [0.3, 0.4) is 0 Å². The second-order valence-electron chi connectivity index (χ2n) is 46.8. The molecule has 10 saturated carbocycles. The molecule has 8 saturated heterocycles. The van der Waals surface area contributed by atoms with E-state index in [-0.39, 0.29) is 226 Å². The molecule has 26 atom stereocenters. The maximum atomic E-state index is 12.4. The number of hydrogen-bond donors (Lipinski definition) is 0. The van der Waals surface area contributed by atoms with Gasteiger partial charge in [0.05, 0.1) is 90.3 Å². The normalized spacial score (nSPS) is 31.7. The van der Waals surface area contributed by atoms with Crippen molar-refractivity contribution in [3.63, 3.8) is 0 Å². The van der Waals surface area contributed by atoms with E-state index in [0.29, 0.717) is 90.3 Å². The Kier molecular flexibility index (Phi) is 65.2. The Labute approximate surface area is 898 Å². The summed E-state index contributed by atoms with van der Waals surface area (Å²) in [5.41, 5.74) is -1.35. The predicted molar refractivity (Wildman–Crippen MR) is 609 cm³/mol. The molecular formula is C127H246O18. The van der Waals surface area contributed by atoms with E-state index in [9.17, 15) is 33.6 Å². The molecule has 26 unspecified atom stereocenters. The largest absolute Gasteiger partial charge is 0.459 e. The molecule has 145 heavy (non-hydrogen) atoms. The van der Waals surface area contributed by atoms with Crippen LogP contribution in [0.15, 0.2) is 0 Å². The minimum Gasteiger partial charge on any atom is -0.459 e. The zero-order valence-corrected chi connectivity index (χ0v) is 86.4. The number of rotatable bonds is 30. The van der Waals surface area contributed by atoms with Gasteiger partial charge in [0.1, 0.15) is 39.2 Å². The summed E-state index contributed by atoms with van der Waals surface area (Å²) in [6.45, 7) is 38.8. The number of carbonyl (C=O) groups is 7. The standard InChI is InChI=1S/C19H30O2.C17H28O3.C16H26O3.C16H28O3.C16H28O2.C15H26O2.C14H24O3.14CH4/c1-4-11(3)18(20)21-19(5-2)10-14-9-15(19)17-13-7-6-12(8-13)16(14)17;1-3-12(2)16(18)20-17(9-5-4-6-10-17)14-11-13-7-8-15(14)19-13;1-3-11(2)15(17)19-16(8-4-5-9-16)13-10-12-6-7-14(13)18-12;1-5-11(4)15(17)19-16(6-2,7-3)13-10-12-8-9-14(13)18-12;1-3-13(2)15(17)18-16(11-7-8-12-16)14-9-5-4-6-10-14;1-3-12(2)14(16)17-15(10-6-7-11-15)13-8-4-5-9-13;1-5-9(2)13(15)17-14(3,4)11-8-10-6-7-12(11)16-10;;;;;;;;;;;;;;/h11-17H,4-10H2,1-3H3;12-15H,3-11H2,1-2H3;11-14H,3-10H2,1-2H3;11-14H,5-10H2,1-4H3;13-14H,3-12H2,1-2H3;12-13H,3-11H2,1-2H3;9-12H,5-8H2,1-4H3;14*1H4. The molecule has 8 aliphatic heterocycles. The summed E-state index contributed by atoms with van der Waals surface area (Å²) in [5.74, 6) is 8.68. The van der Waals surface area contributed by atoms with Crippen LogP contribution in [0.4, 0.5) is 0 Å². The van der Waals surface area contributed by atoms with Crippen molar-refractivity contribution in [3.05, 3.63) is 0 Å². The molecule has 0 aromatic carbocycles. The van der Waals surface area contributed by atoms with Gasteiger partial charge in [-0.1, -0.05) is 260 Å². The van der Waals surface area contributed by atoms with Crippen molar-refractivity contribution >= 4 is 41.8 Å². The lowest BCUT2D eigenvalue weighted by Gasteiger charge is -2.46. The van der Waals surface area contributed by atoms with E-state index < -0.39 is 0 Å². The van der Waals surface area contributed by atoms with E-state index in [4.69, 9.17) is 52.1 Å². The van der Waals surface area contributed by atoms with E-state index in [1.165, 1.54) is 173 Å². The van der Waals surface area contributed by atoms with Gasteiger partial charge in [0, 0.05) is 29.6 Å². The minimum atomic E-state index is -0.389. The zero-order chi connectivity index (χ0) is 94.4. The van der Waals surface area contributed by atoms with Crippen LogP contribution < -0.4 is 0 Å². The van der Waals surface area contributed by atoms with Gasteiger partial charge in [-0.15, -0.1) is 0 Å². The quantitative estimate of drug-likeness (QED) is 0.0370. The van der Waals surface area contributed by atoms with Crippen molar-refractivity contribution in [3.8, 4) is 0 Å². The van der Waals surface area contributed by atoms with Crippen LogP contribution in [0.1, 0.15) is 576 Å². The van der Waals surface area contributed by atoms with Crippen LogP contribution in [0.5, 0.6) is 0 Å². The molecule has 0 spiro atoms. The number of hydrogen-bond acceptors (Lipinski definition) is 18. The maximum absolute atomic E-state index is 12.4. The molecule has 0 aromatic heterocycles. The number of esters is 7. The van der Waals surface area contributed by atoms with Crippen molar-refractivity contribution in [2.24, 2.45) is 112 Å². The highest BCUT2D eigenvalue weighted by atomic mass is 16.6. The second-order valence-corrected chi connectivity index (χ2v) is 46.8. The second kappa shape index (κ2) is 65.1. The first-order valence-electron chi connectivity index (χ1n) is 55.9. The average Bonchev–Trinajstić information content (AvgIpc) is 1.53. The molecule has 0 amide bonds. The van der Waals surface area contributed by atoms with Gasteiger partial charge in [-0.05, 0) is 357 Å². The smallest absolute Gasteiger partial charge is 0.309 e. The van der Waals surface area contributed by atoms with Crippen molar-refractivity contribution in [1.82, 2.24) is 0 Å². The molecule has 18 heteroatoms. The van der Waals surface area contributed by atoms with E-state index in [1.807, 2.05) is 83.1 Å². The topological polar surface area (TPSA) is 221 Å². The van der Waals surface area contributed by atoms with E-state index >= 15 is 0 Å². The lowest BCUT2D eigenvalue weighted by molar-refractivity contribution is -0.179. The third kappa shape index (κ3) is 33.6. The summed E-state index contributed by atoms with van der Waals surface area (Å²) in [6, 6.07) is 0. The van der Waals surface area contributed by atoms with Gasteiger partial charge in [0.2, 0.25) is 0 Å². The highest BCUT2D eigenvalue weighted by Gasteiger charge is 2.68. The molecule has 0 radical (unpaired) electrons. The van der Waals surface area contributed by atoms with Crippen molar-refractivity contribution in [1.29, 1.82) is 0 Å². The van der Waals surface area contributed by atoms with Crippen LogP contribution in [0, 0.1) is 112 Å². The van der Waals surface area contributed by atoms with Crippen molar-refractivity contribution in [2.45, 2.75) is 664 Å². The minimum absolute atomic E-state index is 0. The molecule has 18 fully saturated rings. The van der Waals surface area contributed by atoms with Gasteiger partial charge in [0.25, 0.3) is 0 Å². The molecule has 0 N–H and O–H groups in total. The molecule has 10 aliphatic carbocycles. The number of fused-ring (bicyclic) bond motifs is 17. The summed E-state index contributed by atoms with van der Waals surface area (Å²) in [7, 11) is 0. The molecule has 862 valence electrons. The lowest BCUT2D eigenvalue weighted by Crippen LogP contribution is -2.48. The van der Waals surface area contributed by atoms with Crippen LogP contribution >= 0.6 is 0 Å². The number of carbonyl (C=O) groups excluding carboxylic acids is 7. The van der Waals surface area contributed by atoms with Gasteiger partial charge in [0.15, 0.2) is 0 Å². The van der Waals surface area contributed by atoms with E-state index in [0.717, 1.165) is 197 Å². The first-order chi connectivity index (χ1) is 62.7. The van der Waals surface area contributed by atoms with Gasteiger partial charge in [-0.2, -0.15) is 0 Å². The Bertz CT molecular complexity index is 3540. The SMILES string of the molecule is C.C.C.C.C.C.C.C.C.C.C.C.C.C.CCC(C)C(=O)OC(C)(C)C1CC2CCC1O2.CCC(C)C(=O)OC(CC)(CC)C1CC2CCC1O2.CCC(C)C(=O)OC1(C2CC3CCC2O3)CCCC1.CCC(C)C(=O)OC1(C2CC3CCC2O3)CCCCC1.CCC(C)C(=O)OC1(C2CCCC2)CCCC1.CCC(C)C(=O)OC1(C2CCCCC2)CCCC1.CCC(C)C(=O)OC1(CC)CC2CC1C1C3CCC(C3)C21. The Morgan fingerprint density at radius 1 is 0.276 bits per heavy atom. The molecule has 18 nitrogen and oxygen atoms in total. The fourth-order valence-electron chi connectivity index (χ4n) is 29.1. The molecule has 8 heterocycles. The molecule has 18 rings (SSSR count). The molecule has 0 aromatic rings. The Morgan fingerprint density at radius 3 is 0.869 bits per heavy atom. The fraction of sp³-hybridized carbons (Fsp3) is 0.945. The predicted octanol–water partition coefficient (Wildman–Crippen LogP) is 35.8. The molecule has 18 aliphatic rings. The summed E-state index contributed by atoms with van der Waals surface area (Å²) in [6.07, 6.45) is 64.0. The third-order valence-corrected chi connectivity index (χ3v) is 38.8. The Hall–Kier alpha value is -3.87.